The van der Waals surface area contributed by atoms with Crippen LogP contribution in [0.25, 0.3) is 0 Å². The van der Waals surface area contributed by atoms with Gasteiger partial charge in [0.2, 0.25) is 5.88 Å². The number of hydrogen-bond acceptors (Lipinski definition) is 6. The molecule has 0 aliphatic carbocycles. The maximum atomic E-state index is 5.77. The molecule has 19 heavy (non-hydrogen) atoms. The van der Waals surface area contributed by atoms with Gasteiger partial charge in [-0.2, -0.15) is 4.98 Å². The maximum absolute atomic E-state index is 5.77. The van der Waals surface area contributed by atoms with E-state index in [2.05, 4.69) is 20.5 Å². The van der Waals surface area contributed by atoms with Crippen molar-refractivity contribution in [2.24, 2.45) is 0 Å². The monoisotopic (exact) mass is 262 g/mol. The highest BCUT2D eigenvalue weighted by atomic mass is 16.5. The molecule has 0 aliphatic rings. The highest BCUT2D eigenvalue weighted by Gasteiger charge is 2.06. The summed E-state index contributed by atoms with van der Waals surface area (Å²) in [5.74, 6) is 2.01. The quantitative estimate of drug-likeness (QED) is 0.815. The maximum Gasteiger partial charge on any atom is 0.239 e. The largest absolute Gasteiger partial charge is 0.476 e. The third-order valence-electron chi connectivity index (χ3n) is 2.63. The van der Waals surface area contributed by atoms with Gasteiger partial charge in [0.25, 0.3) is 0 Å². The second-order valence-corrected chi connectivity index (χ2v) is 3.91. The van der Waals surface area contributed by atoms with E-state index in [0.717, 1.165) is 12.4 Å². The van der Waals surface area contributed by atoms with Crippen molar-refractivity contribution in [1.29, 1.82) is 0 Å². The molecule has 3 N–H and O–H groups in total. The predicted octanol–water partition coefficient (Wildman–Crippen LogP) is 1.29. The molecule has 0 aromatic carbocycles. The van der Waals surface area contributed by atoms with Gasteiger partial charge in [-0.3, -0.25) is 0 Å². The SMILES string of the molecule is CCOc1nc(NCc2nncn2CC)ccc1N. The summed E-state index contributed by atoms with van der Waals surface area (Å²) in [6.45, 7) is 5.86. The Hall–Kier alpha value is -2.31. The Labute approximate surface area is 111 Å². The van der Waals surface area contributed by atoms with Crippen LogP contribution < -0.4 is 15.8 Å². The van der Waals surface area contributed by atoms with Gasteiger partial charge in [0.05, 0.1) is 18.8 Å². The van der Waals surface area contributed by atoms with E-state index in [9.17, 15) is 0 Å². The number of aryl methyl sites for hydroxylation is 1. The van der Waals surface area contributed by atoms with Gasteiger partial charge in [-0.15, -0.1) is 10.2 Å². The van der Waals surface area contributed by atoms with Crippen molar-refractivity contribution in [3.05, 3.63) is 24.3 Å². The molecule has 2 aromatic heterocycles. The van der Waals surface area contributed by atoms with Gasteiger partial charge in [-0.25, -0.2) is 0 Å². The molecule has 0 unspecified atom stereocenters. The van der Waals surface area contributed by atoms with Crippen molar-refractivity contribution in [2.75, 3.05) is 17.7 Å². The molecule has 0 atom stereocenters. The van der Waals surface area contributed by atoms with Crippen LogP contribution in [0.1, 0.15) is 19.7 Å². The number of pyridine rings is 1. The third kappa shape index (κ3) is 3.12. The van der Waals surface area contributed by atoms with Gasteiger partial charge >= 0.3 is 0 Å². The molecule has 2 aromatic rings. The molecule has 7 heteroatoms. The van der Waals surface area contributed by atoms with Crippen LogP contribution in [0.2, 0.25) is 0 Å². The van der Waals surface area contributed by atoms with Crippen LogP contribution in [-0.2, 0) is 13.1 Å². The normalized spacial score (nSPS) is 10.4. The van der Waals surface area contributed by atoms with Crippen LogP contribution in [0.5, 0.6) is 5.88 Å². The van der Waals surface area contributed by atoms with Gasteiger partial charge in [-0.1, -0.05) is 0 Å². The number of nitrogens with two attached hydrogens (primary N) is 1. The molecule has 0 saturated carbocycles. The number of ether oxygens (including phenoxy) is 1. The molecular formula is C12H18N6O. The van der Waals surface area contributed by atoms with Crippen LogP contribution in [0.4, 0.5) is 11.5 Å². The average molecular weight is 262 g/mol. The number of nitrogens with one attached hydrogen (secondary N) is 1. The first kappa shape index (κ1) is 13.1. The van der Waals surface area contributed by atoms with Crippen molar-refractivity contribution < 1.29 is 4.74 Å². The van der Waals surface area contributed by atoms with Crippen molar-refractivity contribution in [3.8, 4) is 5.88 Å². The van der Waals surface area contributed by atoms with E-state index in [1.54, 1.807) is 12.4 Å². The molecule has 0 amide bonds. The van der Waals surface area contributed by atoms with E-state index in [1.165, 1.54) is 0 Å². The molecule has 0 radical (unpaired) electrons. The van der Waals surface area contributed by atoms with Gasteiger partial charge in [0.1, 0.15) is 12.1 Å². The standard InChI is InChI=1S/C12H18N6O/c1-3-18-8-15-17-11(18)7-14-10-6-5-9(13)12(16-10)19-4-2/h5-6,8H,3-4,7,13H2,1-2H3,(H,14,16). The van der Waals surface area contributed by atoms with Crippen LogP contribution >= 0.6 is 0 Å². The van der Waals surface area contributed by atoms with E-state index < -0.39 is 0 Å². The molecule has 0 aliphatic heterocycles. The first-order valence-corrected chi connectivity index (χ1v) is 6.24. The molecule has 102 valence electrons. The van der Waals surface area contributed by atoms with Gasteiger partial charge in [0.15, 0.2) is 5.82 Å². The smallest absolute Gasteiger partial charge is 0.239 e. The van der Waals surface area contributed by atoms with Crippen molar-refractivity contribution in [2.45, 2.75) is 26.9 Å². The fourth-order valence-electron chi connectivity index (χ4n) is 1.65. The molecule has 0 bridgehead atoms. The summed E-state index contributed by atoms with van der Waals surface area (Å²) < 4.78 is 7.32. The minimum Gasteiger partial charge on any atom is -0.476 e. The predicted molar refractivity (Wildman–Crippen MR) is 72.8 cm³/mol. The lowest BCUT2D eigenvalue weighted by Crippen LogP contribution is -2.09. The summed E-state index contributed by atoms with van der Waals surface area (Å²) in [5, 5.41) is 11.1. The molecule has 0 fully saturated rings. The number of rotatable bonds is 6. The number of hydrogen-bond donors (Lipinski definition) is 2. The second-order valence-electron chi connectivity index (χ2n) is 3.91. The van der Waals surface area contributed by atoms with E-state index >= 15 is 0 Å². The summed E-state index contributed by atoms with van der Waals surface area (Å²) in [5.41, 5.74) is 6.30. The number of nitrogens with zero attached hydrogens (tertiary/aromatic N) is 4. The summed E-state index contributed by atoms with van der Waals surface area (Å²) in [4.78, 5) is 4.30. The van der Waals surface area contributed by atoms with E-state index in [-0.39, 0.29) is 0 Å². The minimum absolute atomic E-state index is 0.449. The summed E-state index contributed by atoms with van der Waals surface area (Å²) >= 11 is 0. The topological polar surface area (TPSA) is 90.9 Å². The van der Waals surface area contributed by atoms with Crippen molar-refractivity contribution >= 4 is 11.5 Å². The van der Waals surface area contributed by atoms with Crippen LogP contribution in [0.3, 0.4) is 0 Å². The Kier molecular flexibility index (Phi) is 4.17. The van der Waals surface area contributed by atoms with E-state index in [4.69, 9.17) is 10.5 Å². The Balaban J connectivity index is 2.05. The number of aromatic nitrogens is 4. The summed E-state index contributed by atoms with van der Waals surface area (Å²) in [7, 11) is 0. The Bertz CT molecular complexity index is 539. The molecule has 0 spiro atoms. The Morgan fingerprint density at radius 2 is 2.21 bits per heavy atom. The third-order valence-corrected chi connectivity index (χ3v) is 2.63. The van der Waals surface area contributed by atoms with Crippen LogP contribution in [-0.4, -0.2) is 26.4 Å². The van der Waals surface area contributed by atoms with E-state index in [0.29, 0.717) is 30.5 Å². The van der Waals surface area contributed by atoms with Gasteiger partial charge in [0, 0.05) is 6.54 Å². The zero-order chi connectivity index (χ0) is 13.7. The first-order valence-electron chi connectivity index (χ1n) is 6.24. The average Bonchev–Trinajstić information content (AvgIpc) is 2.87. The van der Waals surface area contributed by atoms with Crippen molar-refractivity contribution in [1.82, 2.24) is 19.7 Å². The van der Waals surface area contributed by atoms with Gasteiger partial charge in [-0.05, 0) is 26.0 Å². The second kappa shape index (κ2) is 6.03. The summed E-state index contributed by atoms with van der Waals surface area (Å²) in [6, 6.07) is 3.58. The molecular weight excluding hydrogens is 244 g/mol. The minimum atomic E-state index is 0.449. The van der Waals surface area contributed by atoms with Crippen LogP contribution in [0, 0.1) is 0 Å². The Morgan fingerprint density at radius 3 is 2.95 bits per heavy atom. The first-order chi connectivity index (χ1) is 9.24. The lowest BCUT2D eigenvalue weighted by Gasteiger charge is -2.09. The highest BCUT2D eigenvalue weighted by molar-refractivity contribution is 5.53. The van der Waals surface area contributed by atoms with Gasteiger partial charge < -0.3 is 20.4 Å². The number of nitrogen functional groups attached to an aromatic ring is 1. The zero-order valence-electron chi connectivity index (χ0n) is 11.1. The van der Waals surface area contributed by atoms with Crippen molar-refractivity contribution in [3.63, 3.8) is 0 Å². The molecule has 2 heterocycles. The number of anilines is 2. The highest BCUT2D eigenvalue weighted by Crippen LogP contribution is 2.20. The van der Waals surface area contributed by atoms with Crippen LogP contribution in [0.15, 0.2) is 18.5 Å². The fourth-order valence-corrected chi connectivity index (χ4v) is 1.65. The summed E-state index contributed by atoms with van der Waals surface area (Å²) in [6.07, 6.45) is 1.71. The lowest BCUT2D eigenvalue weighted by atomic mass is 10.4. The lowest BCUT2D eigenvalue weighted by molar-refractivity contribution is 0.329. The molecule has 2 rings (SSSR count). The van der Waals surface area contributed by atoms with E-state index in [1.807, 2.05) is 24.5 Å². The zero-order valence-corrected chi connectivity index (χ0v) is 11.1. The Morgan fingerprint density at radius 1 is 1.37 bits per heavy atom. The molecule has 7 nitrogen and oxygen atoms in total. The molecule has 0 saturated heterocycles. The fraction of sp³-hybridized carbons (Fsp3) is 0.417.